The summed E-state index contributed by atoms with van der Waals surface area (Å²) in [7, 11) is 1.66. The molecule has 0 aromatic carbocycles. The third kappa shape index (κ3) is 3.16. The molecule has 2 amide bonds. The maximum Gasteiger partial charge on any atom is 0.276 e. The molecular weight excluding hydrogens is 372 g/mol. The Kier molecular flexibility index (Phi) is 4.11. The van der Waals surface area contributed by atoms with Crippen molar-refractivity contribution in [2.24, 2.45) is 12.5 Å². The first-order chi connectivity index (χ1) is 14.0. The van der Waals surface area contributed by atoms with Gasteiger partial charge >= 0.3 is 0 Å². The van der Waals surface area contributed by atoms with Crippen molar-refractivity contribution < 1.29 is 14.0 Å². The number of rotatable bonds is 3. The van der Waals surface area contributed by atoms with E-state index in [-0.39, 0.29) is 22.8 Å². The van der Waals surface area contributed by atoms with Crippen LogP contribution in [0.15, 0.2) is 33.9 Å². The van der Waals surface area contributed by atoms with Crippen LogP contribution < -0.4 is 5.56 Å². The van der Waals surface area contributed by atoms with E-state index in [0.717, 1.165) is 31.4 Å². The van der Waals surface area contributed by atoms with E-state index in [9.17, 15) is 14.4 Å². The van der Waals surface area contributed by atoms with E-state index < -0.39 is 0 Å². The van der Waals surface area contributed by atoms with E-state index in [1.165, 1.54) is 17.0 Å². The van der Waals surface area contributed by atoms with Crippen molar-refractivity contribution in [3.63, 3.8) is 0 Å². The second kappa shape index (κ2) is 6.57. The number of carbonyl (C=O) groups is 2. The standard InChI is InChI=1S/C21H24N4O4/c1-23-8-5-15(9-16(23)26)19(27)24-7-2-6-21(10-24)11-25(12-21)20(28)17-18(14-3-4-14)29-13-22-17/h5,8-9,13-14H,2-4,6-7,10-12H2,1H3. The summed E-state index contributed by atoms with van der Waals surface area (Å²) in [5.41, 5.74) is 0.620. The molecule has 3 aliphatic rings. The summed E-state index contributed by atoms with van der Waals surface area (Å²) in [6, 6.07) is 3.08. The monoisotopic (exact) mass is 396 g/mol. The number of hydrogen-bond acceptors (Lipinski definition) is 5. The maximum absolute atomic E-state index is 12.9. The van der Waals surface area contributed by atoms with Gasteiger partial charge in [0, 0.05) is 62.4 Å². The molecule has 1 saturated carbocycles. The summed E-state index contributed by atoms with van der Waals surface area (Å²) in [5.74, 6) is 0.885. The molecule has 3 fully saturated rings. The number of pyridine rings is 1. The number of nitrogens with zero attached hydrogens (tertiary/aromatic N) is 4. The lowest BCUT2D eigenvalue weighted by Gasteiger charge is -2.54. The SMILES string of the molecule is Cn1ccc(C(=O)N2CCCC3(C2)CN(C(=O)c2ncoc2C2CC2)C3)cc1=O. The highest BCUT2D eigenvalue weighted by Gasteiger charge is 2.49. The van der Waals surface area contributed by atoms with Crippen molar-refractivity contribution in [3.8, 4) is 0 Å². The molecule has 0 unspecified atom stereocenters. The molecule has 152 valence electrons. The van der Waals surface area contributed by atoms with Crippen LogP contribution in [-0.2, 0) is 7.05 Å². The minimum Gasteiger partial charge on any atom is -0.447 e. The van der Waals surface area contributed by atoms with Crippen LogP contribution in [0.4, 0.5) is 0 Å². The molecule has 2 saturated heterocycles. The highest BCUT2D eigenvalue weighted by Crippen LogP contribution is 2.43. The molecule has 0 radical (unpaired) electrons. The molecule has 8 heteroatoms. The molecule has 0 bridgehead atoms. The van der Waals surface area contributed by atoms with Crippen LogP contribution in [0, 0.1) is 5.41 Å². The van der Waals surface area contributed by atoms with E-state index in [1.54, 1.807) is 19.3 Å². The molecular formula is C21H24N4O4. The summed E-state index contributed by atoms with van der Waals surface area (Å²) in [5, 5.41) is 0. The first kappa shape index (κ1) is 18.1. The van der Waals surface area contributed by atoms with Crippen molar-refractivity contribution in [1.29, 1.82) is 0 Å². The number of hydrogen-bond donors (Lipinski definition) is 0. The number of carbonyl (C=O) groups excluding carboxylic acids is 2. The predicted molar refractivity (Wildman–Crippen MR) is 104 cm³/mol. The first-order valence-corrected chi connectivity index (χ1v) is 10.1. The van der Waals surface area contributed by atoms with Gasteiger partial charge in [0.25, 0.3) is 17.4 Å². The van der Waals surface area contributed by atoms with Gasteiger partial charge in [-0.2, -0.15) is 0 Å². The van der Waals surface area contributed by atoms with Gasteiger partial charge in [0.1, 0.15) is 5.76 Å². The lowest BCUT2D eigenvalue weighted by atomic mass is 9.73. The lowest BCUT2D eigenvalue weighted by molar-refractivity contribution is -0.0341. The molecule has 0 N–H and O–H groups in total. The Morgan fingerprint density at radius 3 is 2.66 bits per heavy atom. The van der Waals surface area contributed by atoms with Crippen molar-refractivity contribution in [1.82, 2.24) is 19.4 Å². The zero-order chi connectivity index (χ0) is 20.2. The number of likely N-dealkylation sites (tertiary alicyclic amines) is 2. The molecule has 5 rings (SSSR count). The molecule has 2 aromatic rings. The largest absolute Gasteiger partial charge is 0.447 e. The van der Waals surface area contributed by atoms with Crippen molar-refractivity contribution in [2.45, 2.75) is 31.6 Å². The Bertz CT molecular complexity index is 1030. The molecule has 2 aromatic heterocycles. The van der Waals surface area contributed by atoms with Crippen LogP contribution in [0.25, 0.3) is 0 Å². The Hall–Kier alpha value is -2.90. The van der Waals surface area contributed by atoms with Gasteiger partial charge in [0.15, 0.2) is 12.1 Å². The number of piperidine rings is 1. The van der Waals surface area contributed by atoms with Crippen molar-refractivity contribution in [3.05, 3.63) is 52.1 Å². The third-order valence-electron chi connectivity index (χ3n) is 6.39. The summed E-state index contributed by atoms with van der Waals surface area (Å²) < 4.78 is 6.89. The van der Waals surface area contributed by atoms with Gasteiger partial charge in [-0.05, 0) is 31.7 Å². The highest BCUT2D eigenvalue weighted by atomic mass is 16.3. The number of amides is 2. The van der Waals surface area contributed by atoms with Gasteiger partial charge in [-0.25, -0.2) is 4.98 Å². The van der Waals surface area contributed by atoms with Crippen LogP contribution in [0.5, 0.6) is 0 Å². The molecule has 8 nitrogen and oxygen atoms in total. The van der Waals surface area contributed by atoms with Crippen LogP contribution in [0.2, 0.25) is 0 Å². The minimum absolute atomic E-state index is 0.0627. The van der Waals surface area contributed by atoms with E-state index in [0.29, 0.717) is 43.4 Å². The van der Waals surface area contributed by atoms with Crippen LogP contribution in [-0.4, -0.2) is 57.3 Å². The number of oxazole rings is 1. The zero-order valence-electron chi connectivity index (χ0n) is 16.5. The molecule has 4 heterocycles. The topological polar surface area (TPSA) is 88.7 Å². The smallest absolute Gasteiger partial charge is 0.276 e. The van der Waals surface area contributed by atoms with Gasteiger partial charge in [-0.3, -0.25) is 14.4 Å². The van der Waals surface area contributed by atoms with Gasteiger partial charge in [0.05, 0.1) is 0 Å². The predicted octanol–water partition coefficient (Wildman–Crippen LogP) is 1.63. The summed E-state index contributed by atoms with van der Waals surface area (Å²) in [4.78, 5) is 45.4. The van der Waals surface area contributed by atoms with E-state index in [2.05, 4.69) is 4.98 Å². The Morgan fingerprint density at radius 2 is 1.93 bits per heavy atom. The van der Waals surface area contributed by atoms with Crippen molar-refractivity contribution >= 4 is 11.8 Å². The average Bonchev–Trinajstić information content (AvgIpc) is 3.43. The van der Waals surface area contributed by atoms with Crippen molar-refractivity contribution in [2.75, 3.05) is 26.2 Å². The fourth-order valence-corrected chi connectivity index (χ4v) is 4.61. The second-order valence-electron chi connectivity index (χ2n) is 8.70. The molecule has 0 atom stereocenters. The third-order valence-corrected chi connectivity index (χ3v) is 6.39. The minimum atomic E-state index is -0.193. The summed E-state index contributed by atoms with van der Waals surface area (Å²) >= 11 is 0. The molecule has 1 aliphatic carbocycles. The van der Waals surface area contributed by atoms with Crippen LogP contribution in [0.1, 0.15) is 58.2 Å². The fraction of sp³-hybridized carbons (Fsp3) is 0.524. The second-order valence-corrected chi connectivity index (χ2v) is 8.70. The molecule has 29 heavy (non-hydrogen) atoms. The Labute approximate surface area is 168 Å². The Balaban J connectivity index is 1.26. The summed E-state index contributed by atoms with van der Waals surface area (Å²) in [6.45, 7) is 2.55. The summed E-state index contributed by atoms with van der Waals surface area (Å²) in [6.07, 6.45) is 6.98. The quantitative estimate of drug-likeness (QED) is 0.787. The normalized spacial score (nSPS) is 20.6. The lowest BCUT2D eigenvalue weighted by Crippen LogP contribution is -2.64. The molecule has 2 aliphatic heterocycles. The molecule has 1 spiro atoms. The van der Waals surface area contributed by atoms with Gasteiger partial charge < -0.3 is 18.8 Å². The van der Waals surface area contributed by atoms with E-state index in [1.807, 2.05) is 9.80 Å². The van der Waals surface area contributed by atoms with Gasteiger partial charge in [0.2, 0.25) is 0 Å². The average molecular weight is 396 g/mol. The van der Waals surface area contributed by atoms with Gasteiger partial charge in [-0.15, -0.1) is 0 Å². The Morgan fingerprint density at radius 1 is 1.17 bits per heavy atom. The number of aryl methyl sites for hydroxylation is 1. The first-order valence-electron chi connectivity index (χ1n) is 10.1. The zero-order valence-corrected chi connectivity index (χ0v) is 16.5. The van der Waals surface area contributed by atoms with Crippen LogP contribution >= 0.6 is 0 Å². The van der Waals surface area contributed by atoms with E-state index >= 15 is 0 Å². The maximum atomic E-state index is 12.9. The fourth-order valence-electron chi connectivity index (χ4n) is 4.61. The van der Waals surface area contributed by atoms with E-state index in [4.69, 9.17) is 4.42 Å². The number of aromatic nitrogens is 2. The van der Waals surface area contributed by atoms with Gasteiger partial charge in [-0.1, -0.05) is 0 Å². The highest BCUT2D eigenvalue weighted by molar-refractivity contribution is 5.95. The van der Waals surface area contributed by atoms with Crippen LogP contribution in [0.3, 0.4) is 0 Å².